The van der Waals surface area contributed by atoms with E-state index in [-0.39, 0.29) is 60.5 Å². The van der Waals surface area contributed by atoms with E-state index in [2.05, 4.69) is 7.26 Å². The predicted molar refractivity (Wildman–Crippen MR) is 47.3 cm³/mol. The number of hydrogen-bond acceptors (Lipinski definition) is 5. The molecule has 0 aromatic heterocycles. The molecule has 0 aromatic carbocycles. The fourth-order valence-electron chi connectivity index (χ4n) is 0.106. The van der Waals surface area contributed by atoms with Crippen molar-refractivity contribution in [1.82, 2.24) is 0 Å². The summed E-state index contributed by atoms with van der Waals surface area (Å²) in [6.07, 6.45) is 0. The maximum absolute atomic E-state index is 10.0. The first-order valence-electron chi connectivity index (χ1n) is 1.53. The van der Waals surface area contributed by atoms with Crippen molar-refractivity contribution >= 4 is 93.2 Å². The topological polar surface area (TPSA) is 110 Å². The molecule has 0 amide bonds. The van der Waals surface area contributed by atoms with E-state index in [9.17, 15) is 12.6 Å². The zero-order valence-corrected chi connectivity index (χ0v) is 6.61. The maximum atomic E-state index is 10.0. The van der Waals surface area contributed by atoms with E-state index in [0.29, 0.717) is 0 Å². The van der Waals surface area contributed by atoms with E-state index >= 15 is 0 Å². The van der Waals surface area contributed by atoms with Crippen molar-refractivity contribution in [2.75, 3.05) is 0 Å². The molecule has 66 valence electrons. The third kappa shape index (κ3) is 14.8. The zero-order chi connectivity index (χ0) is 8.15. The fourth-order valence-corrected chi connectivity index (χ4v) is 1.16. The summed E-state index contributed by atoms with van der Waals surface area (Å²) in [5, 5.41) is 0. The first kappa shape index (κ1) is 19.8. The zero-order valence-electron chi connectivity index (χ0n) is 5.16. The van der Waals surface area contributed by atoms with E-state index in [1.165, 1.54) is 0 Å². The number of rotatable bonds is 4. The van der Waals surface area contributed by atoms with Gasteiger partial charge in [-0.15, -0.1) is 7.26 Å². The van der Waals surface area contributed by atoms with Gasteiger partial charge >= 0.3 is 94.6 Å². The van der Waals surface area contributed by atoms with Gasteiger partial charge in [0.25, 0.3) is 0 Å². The molecule has 0 fully saturated rings. The van der Waals surface area contributed by atoms with Crippen LogP contribution in [0.3, 0.4) is 0 Å². The van der Waals surface area contributed by atoms with Gasteiger partial charge < -0.3 is 0 Å². The molecule has 0 bridgehead atoms. The van der Waals surface area contributed by atoms with Crippen LogP contribution in [0, 0.1) is 0 Å². The fraction of sp³-hybridized carbons (Fsp3) is 0. The van der Waals surface area contributed by atoms with Crippen molar-refractivity contribution in [3.63, 3.8) is 0 Å². The van der Waals surface area contributed by atoms with Gasteiger partial charge in [-0.3, -0.25) is 9.11 Å². The molecule has 7 nitrogen and oxygen atoms in total. The van der Waals surface area contributed by atoms with Crippen LogP contribution in [-0.4, -0.2) is 80.8 Å². The molecule has 0 radical (unpaired) electrons. The van der Waals surface area contributed by atoms with E-state index in [4.69, 9.17) is 9.11 Å². The molecule has 0 aliphatic heterocycles. The molecule has 0 spiro atoms. The van der Waals surface area contributed by atoms with Crippen LogP contribution in [0.2, 0.25) is 0 Å². The Hall–Kier alpha value is 2.29. The van der Waals surface area contributed by atoms with Gasteiger partial charge in [0.05, 0.1) is 0 Å². The normalized spacial score (nSPS) is 16.5. The summed E-state index contributed by atoms with van der Waals surface area (Å²) in [5.74, 6) is 0. The summed E-state index contributed by atoms with van der Waals surface area (Å²) < 4.78 is 51.9. The van der Waals surface area contributed by atoms with E-state index in [1.807, 2.05) is 0 Å². The van der Waals surface area contributed by atoms with Crippen LogP contribution < -0.4 is 0 Å². The number of hydrogen-bond donors (Lipinski definition) is 2. The Morgan fingerprint density at radius 1 is 0.917 bits per heavy atom. The molecule has 2 atom stereocenters. The molecular formula is H5Na2O7S3+. The van der Waals surface area contributed by atoms with Gasteiger partial charge in [0.2, 0.25) is 0 Å². The van der Waals surface area contributed by atoms with Gasteiger partial charge in [0.1, 0.15) is 0 Å². The van der Waals surface area contributed by atoms with Crippen molar-refractivity contribution in [2.45, 2.75) is 0 Å². The molecule has 0 aromatic rings. The molecule has 12 heavy (non-hydrogen) atoms. The Kier molecular flexibility index (Phi) is 18.8. The molecule has 0 aliphatic carbocycles. The summed E-state index contributed by atoms with van der Waals surface area (Å²) in [7, 11) is 0. The minimum absolute atomic E-state index is 0. The molecular weight excluding hydrogens is 254 g/mol. The van der Waals surface area contributed by atoms with Gasteiger partial charge in [-0.25, -0.2) is 0 Å². The summed E-state index contributed by atoms with van der Waals surface area (Å²) >= 11 is -8.25. The molecule has 0 aliphatic rings. The molecule has 0 saturated heterocycles. The van der Waals surface area contributed by atoms with Gasteiger partial charge in [0.15, 0.2) is 0 Å². The average molecular weight is 259 g/mol. The van der Waals surface area contributed by atoms with Crippen molar-refractivity contribution in [3.05, 3.63) is 0 Å². The Balaban J connectivity index is -0.000000135. The van der Waals surface area contributed by atoms with Crippen molar-refractivity contribution < 1.29 is 30.4 Å². The first-order valence-corrected chi connectivity index (χ1v) is 4.60. The SMILES string of the molecule is O=S(O)OS(=O)OS(=O)O.[H+].[NaH].[NaH]. The summed E-state index contributed by atoms with van der Waals surface area (Å²) in [4.78, 5) is 0. The van der Waals surface area contributed by atoms with Crippen molar-refractivity contribution in [1.29, 1.82) is 0 Å². The van der Waals surface area contributed by atoms with Crippen molar-refractivity contribution in [2.24, 2.45) is 0 Å². The van der Waals surface area contributed by atoms with E-state index in [0.717, 1.165) is 0 Å². The second kappa shape index (κ2) is 11.4. The quantitative estimate of drug-likeness (QED) is 0.431. The monoisotopic (exact) mass is 259 g/mol. The van der Waals surface area contributed by atoms with Gasteiger partial charge in [0, 0.05) is 0 Å². The third-order valence-electron chi connectivity index (χ3n) is 0.228. The Morgan fingerprint density at radius 2 is 1.17 bits per heavy atom. The van der Waals surface area contributed by atoms with Gasteiger partial charge in [-0.2, -0.15) is 12.6 Å². The van der Waals surface area contributed by atoms with Crippen molar-refractivity contribution in [3.8, 4) is 0 Å². The minimum atomic E-state index is -2.78. The summed E-state index contributed by atoms with van der Waals surface area (Å²) in [6.45, 7) is 0. The Bertz CT molecular complexity index is 165. The van der Waals surface area contributed by atoms with E-state index in [1.54, 1.807) is 0 Å². The molecule has 0 rings (SSSR count). The van der Waals surface area contributed by atoms with Gasteiger partial charge in [-0.05, 0) is 0 Å². The average Bonchev–Trinajstić information content (AvgIpc) is 1.58. The first-order chi connectivity index (χ1) is 4.52. The Labute approximate surface area is 122 Å². The molecule has 0 saturated carbocycles. The summed E-state index contributed by atoms with van der Waals surface area (Å²) in [6, 6.07) is 0. The standard InChI is InChI=1S/2Na.H2O7S3.2H/c;;1-8(2)6-10(5)7-9(3)4;;/h;;(H,1,2)(H,3,4);;/p+1. The van der Waals surface area contributed by atoms with Crippen LogP contribution in [0.4, 0.5) is 0 Å². The van der Waals surface area contributed by atoms with Crippen LogP contribution in [0.1, 0.15) is 1.43 Å². The predicted octanol–water partition coefficient (Wildman–Crippen LogP) is -2.31. The Morgan fingerprint density at radius 3 is 1.33 bits per heavy atom. The van der Waals surface area contributed by atoms with Crippen LogP contribution >= 0.6 is 0 Å². The van der Waals surface area contributed by atoms with Crippen LogP contribution in [0.15, 0.2) is 0 Å². The molecule has 2 N–H and O–H groups in total. The second-order valence-electron chi connectivity index (χ2n) is 0.774. The van der Waals surface area contributed by atoms with Gasteiger partial charge in [-0.1, -0.05) is 0 Å². The molecule has 2 unspecified atom stereocenters. The van der Waals surface area contributed by atoms with Crippen LogP contribution in [0.5, 0.6) is 0 Å². The molecule has 12 heteroatoms. The van der Waals surface area contributed by atoms with Crippen LogP contribution in [0.25, 0.3) is 0 Å². The second-order valence-corrected chi connectivity index (χ2v) is 3.14. The summed E-state index contributed by atoms with van der Waals surface area (Å²) in [5.41, 5.74) is 0. The van der Waals surface area contributed by atoms with Crippen LogP contribution in [-0.2, 0) is 41.3 Å². The molecule has 0 heterocycles. The van der Waals surface area contributed by atoms with E-state index < -0.39 is 34.1 Å². The third-order valence-corrected chi connectivity index (χ3v) is 2.05.